The third kappa shape index (κ3) is 3.95. The van der Waals surface area contributed by atoms with Crippen LogP contribution in [0.3, 0.4) is 0 Å². The van der Waals surface area contributed by atoms with E-state index in [0.29, 0.717) is 5.92 Å². The predicted molar refractivity (Wildman–Crippen MR) is 58.6 cm³/mol. The fourth-order valence-electron chi connectivity index (χ4n) is 1.99. The van der Waals surface area contributed by atoms with Gasteiger partial charge in [0.25, 0.3) is 0 Å². The summed E-state index contributed by atoms with van der Waals surface area (Å²) in [4.78, 5) is 1.89. The summed E-state index contributed by atoms with van der Waals surface area (Å²) < 4.78 is 0. The smallest absolute Gasteiger partial charge is 0.233 e. The van der Waals surface area contributed by atoms with Crippen LogP contribution < -0.4 is 5.73 Å². The summed E-state index contributed by atoms with van der Waals surface area (Å²) in [5.74, 6) is 0.881. The number of rotatable bonds is 3. The molecule has 5 nitrogen and oxygen atoms in total. The first-order valence-electron chi connectivity index (χ1n) is 5.54. The molecule has 1 fully saturated rings. The SMILES string of the molecule is C[C@@H](O)CCC1CCN(C(N)=NO)CC1. The number of oxime groups is 1. The maximum atomic E-state index is 9.18. The van der Waals surface area contributed by atoms with Gasteiger partial charge >= 0.3 is 0 Å². The van der Waals surface area contributed by atoms with Crippen LogP contribution >= 0.6 is 0 Å². The number of hydrogen-bond donors (Lipinski definition) is 3. The molecule has 0 bridgehead atoms. The second-order valence-electron chi connectivity index (χ2n) is 4.31. The first-order chi connectivity index (χ1) is 7.13. The van der Waals surface area contributed by atoms with Crippen LogP contribution in [0.1, 0.15) is 32.6 Å². The highest BCUT2D eigenvalue weighted by molar-refractivity contribution is 5.77. The van der Waals surface area contributed by atoms with E-state index < -0.39 is 0 Å². The summed E-state index contributed by atoms with van der Waals surface area (Å²) in [6, 6.07) is 0. The molecule has 4 N–H and O–H groups in total. The molecular weight excluding hydrogens is 194 g/mol. The van der Waals surface area contributed by atoms with Gasteiger partial charge in [0.15, 0.2) is 0 Å². The van der Waals surface area contributed by atoms with Crippen molar-refractivity contribution in [1.29, 1.82) is 0 Å². The van der Waals surface area contributed by atoms with E-state index in [4.69, 9.17) is 10.9 Å². The van der Waals surface area contributed by atoms with Gasteiger partial charge in [0.1, 0.15) is 0 Å². The summed E-state index contributed by atoms with van der Waals surface area (Å²) >= 11 is 0. The minimum absolute atomic E-state index is 0.202. The van der Waals surface area contributed by atoms with Gasteiger partial charge in [-0.2, -0.15) is 0 Å². The van der Waals surface area contributed by atoms with Crippen molar-refractivity contribution >= 4 is 5.96 Å². The highest BCUT2D eigenvalue weighted by Crippen LogP contribution is 2.22. The average molecular weight is 215 g/mol. The van der Waals surface area contributed by atoms with Gasteiger partial charge in [-0.25, -0.2) is 0 Å². The molecule has 0 saturated carbocycles. The number of aliphatic hydroxyl groups is 1. The Balaban J connectivity index is 2.24. The largest absolute Gasteiger partial charge is 0.408 e. The Labute approximate surface area is 90.6 Å². The van der Waals surface area contributed by atoms with E-state index >= 15 is 0 Å². The summed E-state index contributed by atoms with van der Waals surface area (Å²) in [5, 5.41) is 20.7. The van der Waals surface area contributed by atoms with Crippen LogP contribution in [0, 0.1) is 5.92 Å². The second kappa shape index (κ2) is 5.80. The topological polar surface area (TPSA) is 82.1 Å². The molecule has 0 radical (unpaired) electrons. The van der Waals surface area contributed by atoms with Gasteiger partial charge in [-0.1, -0.05) is 5.16 Å². The van der Waals surface area contributed by atoms with E-state index in [2.05, 4.69) is 5.16 Å². The van der Waals surface area contributed by atoms with E-state index in [9.17, 15) is 5.11 Å². The summed E-state index contributed by atoms with van der Waals surface area (Å²) in [6.45, 7) is 3.52. The van der Waals surface area contributed by atoms with Gasteiger partial charge in [-0.15, -0.1) is 0 Å². The standard InChI is InChI=1S/C10H21N3O2/c1-8(14)2-3-9-4-6-13(7-5-9)10(11)12-15/h8-9,14-15H,2-7H2,1H3,(H2,11,12)/t8-/m1/s1. The molecule has 1 aliphatic heterocycles. The Kier molecular flexibility index (Phi) is 4.68. The van der Waals surface area contributed by atoms with Gasteiger partial charge in [0.2, 0.25) is 5.96 Å². The molecule has 1 aliphatic rings. The lowest BCUT2D eigenvalue weighted by atomic mass is 9.91. The normalized spacial score (nSPS) is 21.7. The van der Waals surface area contributed by atoms with Crippen LogP contribution in [0.4, 0.5) is 0 Å². The molecule has 1 saturated heterocycles. The molecule has 0 unspecified atom stereocenters. The van der Waals surface area contributed by atoms with Crippen LogP contribution in [-0.4, -0.2) is 40.4 Å². The van der Waals surface area contributed by atoms with Gasteiger partial charge in [0.05, 0.1) is 6.10 Å². The van der Waals surface area contributed by atoms with Gasteiger partial charge < -0.3 is 20.9 Å². The van der Waals surface area contributed by atoms with Crippen LogP contribution in [-0.2, 0) is 0 Å². The highest BCUT2D eigenvalue weighted by Gasteiger charge is 2.20. The van der Waals surface area contributed by atoms with Crippen LogP contribution in [0.15, 0.2) is 5.16 Å². The Bertz CT molecular complexity index is 211. The van der Waals surface area contributed by atoms with Crippen LogP contribution in [0.5, 0.6) is 0 Å². The third-order valence-electron chi connectivity index (χ3n) is 3.03. The molecule has 15 heavy (non-hydrogen) atoms. The van der Waals surface area contributed by atoms with E-state index in [1.807, 2.05) is 11.8 Å². The van der Waals surface area contributed by atoms with E-state index in [1.54, 1.807) is 0 Å². The monoisotopic (exact) mass is 215 g/mol. The predicted octanol–water partition coefficient (Wildman–Crippen LogP) is 0.563. The highest BCUT2D eigenvalue weighted by atomic mass is 16.4. The second-order valence-corrected chi connectivity index (χ2v) is 4.31. The van der Waals surface area contributed by atoms with Crippen molar-refractivity contribution in [1.82, 2.24) is 4.90 Å². The molecular formula is C10H21N3O2. The Hall–Kier alpha value is -0.970. The number of likely N-dealkylation sites (tertiary alicyclic amines) is 1. The van der Waals surface area contributed by atoms with Crippen molar-refractivity contribution < 1.29 is 10.3 Å². The summed E-state index contributed by atoms with van der Waals surface area (Å²) in [6.07, 6.45) is 3.86. The molecule has 5 heteroatoms. The first kappa shape index (κ1) is 12.1. The van der Waals surface area contributed by atoms with Crippen molar-refractivity contribution in [3.8, 4) is 0 Å². The number of aliphatic hydroxyl groups excluding tert-OH is 1. The fraction of sp³-hybridized carbons (Fsp3) is 0.900. The van der Waals surface area contributed by atoms with Crippen molar-refractivity contribution in [2.24, 2.45) is 16.8 Å². The lowest BCUT2D eigenvalue weighted by Gasteiger charge is -2.32. The summed E-state index contributed by atoms with van der Waals surface area (Å²) in [5.41, 5.74) is 5.50. The molecule has 88 valence electrons. The van der Waals surface area contributed by atoms with E-state index in [1.165, 1.54) is 0 Å². The fourth-order valence-corrected chi connectivity index (χ4v) is 1.99. The minimum Gasteiger partial charge on any atom is -0.408 e. The number of guanidine groups is 1. The quantitative estimate of drug-likeness (QED) is 0.278. The molecule has 1 rings (SSSR count). The van der Waals surface area contributed by atoms with Crippen molar-refractivity contribution in [3.63, 3.8) is 0 Å². The molecule has 0 amide bonds. The first-order valence-corrected chi connectivity index (χ1v) is 5.54. The van der Waals surface area contributed by atoms with Gasteiger partial charge in [0, 0.05) is 13.1 Å². The van der Waals surface area contributed by atoms with Crippen LogP contribution in [0.2, 0.25) is 0 Å². The van der Waals surface area contributed by atoms with Gasteiger partial charge in [-0.05, 0) is 38.5 Å². The zero-order valence-electron chi connectivity index (χ0n) is 9.26. The molecule has 0 aromatic rings. The lowest BCUT2D eigenvalue weighted by Crippen LogP contribution is -2.42. The van der Waals surface area contributed by atoms with Crippen molar-refractivity contribution in [2.75, 3.05) is 13.1 Å². The Morgan fingerprint density at radius 3 is 2.60 bits per heavy atom. The molecule has 0 spiro atoms. The van der Waals surface area contributed by atoms with Crippen LogP contribution in [0.25, 0.3) is 0 Å². The number of piperidine rings is 1. The summed E-state index contributed by atoms with van der Waals surface area (Å²) in [7, 11) is 0. The maximum Gasteiger partial charge on any atom is 0.233 e. The molecule has 1 heterocycles. The zero-order valence-corrected chi connectivity index (χ0v) is 9.26. The third-order valence-corrected chi connectivity index (χ3v) is 3.03. The van der Waals surface area contributed by atoms with E-state index in [0.717, 1.165) is 38.8 Å². The maximum absolute atomic E-state index is 9.18. The molecule has 0 aromatic heterocycles. The van der Waals surface area contributed by atoms with Crippen molar-refractivity contribution in [2.45, 2.75) is 38.7 Å². The lowest BCUT2D eigenvalue weighted by molar-refractivity contribution is 0.160. The molecule has 1 atom stereocenters. The zero-order chi connectivity index (χ0) is 11.3. The van der Waals surface area contributed by atoms with Gasteiger partial charge in [-0.3, -0.25) is 0 Å². The van der Waals surface area contributed by atoms with Crippen molar-refractivity contribution in [3.05, 3.63) is 0 Å². The minimum atomic E-state index is -0.202. The number of nitrogens with two attached hydrogens (primary N) is 1. The number of hydrogen-bond acceptors (Lipinski definition) is 3. The number of nitrogens with zero attached hydrogens (tertiary/aromatic N) is 2. The Morgan fingerprint density at radius 1 is 1.53 bits per heavy atom. The molecule has 0 aliphatic carbocycles. The van der Waals surface area contributed by atoms with E-state index in [-0.39, 0.29) is 12.1 Å². The average Bonchev–Trinajstić information content (AvgIpc) is 2.26. The Morgan fingerprint density at radius 2 is 2.13 bits per heavy atom. The molecule has 0 aromatic carbocycles.